The van der Waals surface area contributed by atoms with E-state index in [-0.39, 0.29) is 11.7 Å². The molecule has 0 saturated heterocycles. The monoisotopic (exact) mass is 503 g/mol. The van der Waals surface area contributed by atoms with Gasteiger partial charge in [0.05, 0.1) is 16.5 Å². The topological polar surface area (TPSA) is 68.7 Å². The number of fused-ring (bicyclic) bond motifs is 4. The first-order valence-electron chi connectivity index (χ1n) is 13.2. The minimum atomic E-state index is -0.918. The summed E-state index contributed by atoms with van der Waals surface area (Å²) in [6, 6.07) is 13.4. The number of hydrogen-bond donors (Lipinski definition) is 1. The molecule has 1 aromatic heterocycles. The molecular formula is C30H33NO4S. The number of benzene rings is 2. The second-order valence-corrected chi connectivity index (χ2v) is 11.8. The highest BCUT2D eigenvalue weighted by Crippen LogP contribution is 2.50. The van der Waals surface area contributed by atoms with E-state index in [1.807, 2.05) is 18.3 Å². The molecule has 7 rings (SSSR count). The van der Waals surface area contributed by atoms with Crippen LogP contribution in [0, 0.1) is 23.7 Å². The van der Waals surface area contributed by atoms with E-state index in [0.29, 0.717) is 12.7 Å². The Hall–Kier alpha value is -2.70. The zero-order valence-corrected chi connectivity index (χ0v) is 21.5. The van der Waals surface area contributed by atoms with Gasteiger partial charge in [0.1, 0.15) is 10.8 Å². The third-order valence-corrected chi connectivity index (χ3v) is 9.74. The van der Waals surface area contributed by atoms with Crippen LogP contribution in [-0.4, -0.2) is 29.0 Å². The maximum absolute atomic E-state index is 11.2. The zero-order chi connectivity index (χ0) is 24.6. The average molecular weight is 504 g/mol. The fourth-order valence-corrected chi connectivity index (χ4v) is 7.88. The van der Waals surface area contributed by atoms with Gasteiger partial charge in [0.15, 0.2) is 6.79 Å². The highest BCUT2D eigenvalue weighted by atomic mass is 32.1. The van der Waals surface area contributed by atoms with Gasteiger partial charge in [-0.3, -0.25) is 0 Å². The zero-order valence-electron chi connectivity index (χ0n) is 20.7. The number of carboxylic acid groups (broad SMARTS) is 1. The van der Waals surface area contributed by atoms with Crippen LogP contribution in [0.15, 0.2) is 48.7 Å². The number of nitrogens with zero attached hydrogens (tertiary/aromatic N) is 1. The predicted octanol–water partition coefficient (Wildman–Crippen LogP) is 7.31. The van der Waals surface area contributed by atoms with E-state index in [1.165, 1.54) is 44.1 Å². The van der Waals surface area contributed by atoms with Gasteiger partial charge >= 0.3 is 5.97 Å². The molecule has 2 saturated carbocycles. The second kappa shape index (κ2) is 9.98. The summed E-state index contributed by atoms with van der Waals surface area (Å²) in [5.74, 6) is 3.12. The summed E-state index contributed by atoms with van der Waals surface area (Å²) >= 11 is 1.63. The van der Waals surface area contributed by atoms with Crippen molar-refractivity contribution in [3.63, 3.8) is 0 Å². The number of carboxylic acids is 1. The summed E-state index contributed by atoms with van der Waals surface area (Å²) in [6.07, 6.45) is 11.2. The van der Waals surface area contributed by atoms with Gasteiger partial charge < -0.3 is 14.6 Å². The minimum Gasteiger partial charge on any atom is -0.478 e. The second-order valence-electron chi connectivity index (χ2n) is 10.8. The summed E-state index contributed by atoms with van der Waals surface area (Å²) in [7, 11) is 0. The lowest BCUT2D eigenvalue weighted by Crippen LogP contribution is -2.43. The first kappa shape index (κ1) is 23.7. The molecule has 3 aromatic rings. The predicted molar refractivity (Wildman–Crippen MR) is 141 cm³/mol. The number of aromatic nitrogens is 1. The highest BCUT2D eigenvalue weighted by molar-refractivity contribution is 7.18. The number of aryl methyl sites for hydroxylation is 1. The molecule has 3 heterocycles. The molecule has 36 heavy (non-hydrogen) atoms. The van der Waals surface area contributed by atoms with Crippen LogP contribution in [0.1, 0.15) is 61.4 Å². The van der Waals surface area contributed by atoms with Crippen molar-refractivity contribution in [3.8, 4) is 26.8 Å². The SMILES string of the molecule is CC1OCOc2ccc(-c3cnc(-c4ccc(C(=O)O)cc4)s3)cc2CCC2CC3CCCC(C2)C31. The molecule has 0 amide bonds. The highest BCUT2D eigenvalue weighted by Gasteiger charge is 2.43. The Balaban J connectivity index is 1.24. The van der Waals surface area contributed by atoms with Gasteiger partial charge in [-0.25, -0.2) is 9.78 Å². The van der Waals surface area contributed by atoms with Crippen LogP contribution in [0.2, 0.25) is 0 Å². The lowest BCUT2D eigenvalue weighted by Gasteiger charge is -2.48. The lowest BCUT2D eigenvalue weighted by molar-refractivity contribution is -0.104. The number of aromatic carboxylic acids is 1. The van der Waals surface area contributed by atoms with Crippen LogP contribution < -0.4 is 4.74 Å². The maximum atomic E-state index is 11.2. The summed E-state index contributed by atoms with van der Waals surface area (Å²) in [6.45, 7) is 2.57. The normalized spacial score (nSPS) is 27.9. The molecule has 0 radical (unpaired) electrons. The van der Waals surface area contributed by atoms with E-state index in [0.717, 1.165) is 50.9 Å². The first-order valence-corrected chi connectivity index (χ1v) is 14.0. The van der Waals surface area contributed by atoms with Gasteiger partial charge in [-0.15, -0.1) is 11.3 Å². The van der Waals surface area contributed by atoms with Crippen molar-refractivity contribution < 1.29 is 19.4 Å². The third-order valence-electron chi connectivity index (χ3n) is 8.65. The Kier molecular flexibility index (Phi) is 6.57. The van der Waals surface area contributed by atoms with Gasteiger partial charge in [-0.05, 0) is 97.7 Å². The van der Waals surface area contributed by atoms with E-state index in [2.05, 4.69) is 30.1 Å². The molecule has 2 fully saturated rings. The van der Waals surface area contributed by atoms with Gasteiger partial charge in [0, 0.05) is 11.8 Å². The van der Waals surface area contributed by atoms with Crippen LogP contribution in [0.5, 0.6) is 5.75 Å². The van der Waals surface area contributed by atoms with E-state index < -0.39 is 5.97 Å². The molecule has 2 aliphatic carbocycles. The van der Waals surface area contributed by atoms with Crippen LogP contribution in [0.3, 0.4) is 0 Å². The van der Waals surface area contributed by atoms with E-state index in [4.69, 9.17) is 14.6 Å². The molecule has 2 aromatic carbocycles. The Morgan fingerprint density at radius 2 is 1.78 bits per heavy atom. The molecule has 188 valence electrons. The van der Waals surface area contributed by atoms with Crippen molar-refractivity contribution in [1.82, 2.24) is 4.98 Å². The van der Waals surface area contributed by atoms with Crippen molar-refractivity contribution in [2.45, 2.75) is 58.0 Å². The van der Waals surface area contributed by atoms with E-state index in [1.54, 1.807) is 23.5 Å². The van der Waals surface area contributed by atoms with E-state index in [9.17, 15) is 4.79 Å². The maximum Gasteiger partial charge on any atom is 0.335 e. The molecule has 2 aliphatic heterocycles. The quantitative estimate of drug-likeness (QED) is 0.406. The van der Waals surface area contributed by atoms with Crippen LogP contribution in [0.25, 0.3) is 21.0 Å². The van der Waals surface area contributed by atoms with Gasteiger partial charge in [-0.1, -0.05) is 31.4 Å². The summed E-state index contributed by atoms with van der Waals surface area (Å²) in [5, 5.41) is 10.0. The lowest BCUT2D eigenvalue weighted by atomic mass is 9.59. The number of rotatable bonds is 3. The smallest absolute Gasteiger partial charge is 0.335 e. The number of thiazole rings is 1. The van der Waals surface area contributed by atoms with Crippen molar-refractivity contribution in [3.05, 3.63) is 59.8 Å². The van der Waals surface area contributed by atoms with Gasteiger partial charge in [0.2, 0.25) is 0 Å². The summed E-state index contributed by atoms with van der Waals surface area (Å²) in [4.78, 5) is 16.9. The molecule has 3 atom stereocenters. The molecule has 1 N–H and O–H groups in total. The van der Waals surface area contributed by atoms with Crippen molar-refractivity contribution in [1.29, 1.82) is 0 Å². The van der Waals surface area contributed by atoms with Crippen LogP contribution >= 0.6 is 11.3 Å². The Morgan fingerprint density at radius 3 is 2.53 bits per heavy atom. The molecule has 6 heteroatoms. The standard InChI is InChI=1S/C30H33NO4S/c1-18-28-24-3-2-4-25(28)14-19(13-24)5-6-22-15-23(11-12-26(22)35-17-34-18)27-16-31-29(36-27)20-7-9-21(10-8-20)30(32)33/h7-12,15-16,18-19,24-25,28H,2-6,13-14,17H2,1H3,(H,32,33). The van der Waals surface area contributed by atoms with Crippen molar-refractivity contribution in [2.75, 3.05) is 6.79 Å². The molecule has 3 unspecified atom stereocenters. The largest absolute Gasteiger partial charge is 0.478 e. The first-order chi connectivity index (χ1) is 17.5. The van der Waals surface area contributed by atoms with Crippen LogP contribution in [-0.2, 0) is 11.2 Å². The Bertz CT molecular complexity index is 1220. The summed E-state index contributed by atoms with van der Waals surface area (Å²) in [5.41, 5.74) is 3.60. The number of ether oxygens (including phenoxy) is 2. The third kappa shape index (κ3) is 4.69. The molecule has 4 aliphatic rings. The molecule has 5 nitrogen and oxygen atoms in total. The Labute approximate surface area is 216 Å². The van der Waals surface area contributed by atoms with E-state index >= 15 is 0 Å². The fourth-order valence-electron chi connectivity index (χ4n) is 6.96. The minimum absolute atomic E-state index is 0.253. The van der Waals surface area contributed by atoms with Crippen molar-refractivity contribution in [2.24, 2.45) is 23.7 Å². The van der Waals surface area contributed by atoms with Gasteiger partial charge in [-0.2, -0.15) is 0 Å². The number of hydrogen-bond acceptors (Lipinski definition) is 5. The number of carbonyl (C=O) groups is 1. The van der Waals surface area contributed by atoms with Gasteiger partial charge in [0.25, 0.3) is 0 Å². The average Bonchev–Trinajstić information content (AvgIpc) is 3.37. The molecular weight excluding hydrogens is 470 g/mol. The molecule has 4 bridgehead atoms. The Morgan fingerprint density at radius 1 is 1.03 bits per heavy atom. The molecule has 0 spiro atoms. The van der Waals surface area contributed by atoms with Crippen molar-refractivity contribution >= 4 is 17.3 Å². The fraction of sp³-hybridized carbons (Fsp3) is 0.467. The van der Waals surface area contributed by atoms with Crippen LogP contribution in [0.4, 0.5) is 0 Å². The summed E-state index contributed by atoms with van der Waals surface area (Å²) < 4.78 is 12.4.